The van der Waals surface area contributed by atoms with E-state index in [4.69, 9.17) is 17.2 Å². The third-order valence-electron chi connectivity index (χ3n) is 6.19. The van der Waals surface area contributed by atoms with Gasteiger partial charge in [0.25, 0.3) is 11.5 Å². The van der Waals surface area contributed by atoms with Gasteiger partial charge in [0.05, 0.1) is 10.5 Å². The number of benzene rings is 1. The number of thiocarbonyl (C=S) groups is 1. The molecular formula is C26H26N4O2S2. The summed E-state index contributed by atoms with van der Waals surface area (Å²) in [7, 11) is 0. The molecule has 34 heavy (non-hydrogen) atoms. The zero-order valence-electron chi connectivity index (χ0n) is 19.4. The number of thioether (sulfide) groups is 1. The fourth-order valence-electron chi connectivity index (χ4n) is 4.50. The summed E-state index contributed by atoms with van der Waals surface area (Å²) < 4.78 is 2.10. The van der Waals surface area contributed by atoms with Crippen molar-refractivity contribution in [3.05, 3.63) is 80.1 Å². The molecule has 1 amide bonds. The minimum atomic E-state index is -0.184. The highest BCUT2D eigenvalue weighted by Crippen LogP contribution is 2.34. The van der Waals surface area contributed by atoms with Gasteiger partial charge in [0, 0.05) is 25.8 Å². The van der Waals surface area contributed by atoms with E-state index in [1.54, 1.807) is 21.6 Å². The van der Waals surface area contributed by atoms with Gasteiger partial charge in [-0.2, -0.15) is 0 Å². The number of hydrogen-bond donors (Lipinski definition) is 0. The van der Waals surface area contributed by atoms with E-state index in [1.807, 2.05) is 25.1 Å². The Morgan fingerprint density at radius 1 is 1.15 bits per heavy atom. The van der Waals surface area contributed by atoms with E-state index in [0.717, 1.165) is 18.5 Å². The van der Waals surface area contributed by atoms with Crippen molar-refractivity contribution in [1.82, 2.24) is 14.3 Å². The monoisotopic (exact) mass is 490 g/mol. The summed E-state index contributed by atoms with van der Waals surface area (Å²) in [5.74, 6) is 0.761. The van der Waals surface area contributed by atoms with Crippen LogP contribution in [-0.2, 0) is 17.8 Å². The van der Waals surface area contributed by atoms with Gasteiger partial charge in [-0.05, 0) is 48.1 Å². The molecule has 0 saturated carbocycles. The van der Waals surface area contributed by atoms with Gasteiger partial charge in [-0.3, -0.25) is 18.9 Å². The number of amides is 1. The Morgan fingerprint density at radius 3 is 2.68 bits per heavy atom. The van der Waals surface area contributed by atoms with Crippen LogP contribution in [0.2, 0.25) is 0 Å². The van der Waals surface area contributed by atoms with Crippen LogP contribution in [-0.4, -0.2) is 37.6 Å². The maximum Gasteiger partial charge on any atom is 0.267 e. The van der Waals surface area contributed by atoms with E-state index in [1.165, 1.54) is 22.9 Å². The Morgan fingerprint density at radius 2 is 1.91 bits per heavy atom. The number of anilines is 1. The molecule has 0 bridgehead atoms. The largest absolute Gasteiger partial charge is 0.351 e. The maximum atomic E-state index is 13.7. The summed E-state index contributed by atoms with van der Waals surface area (Å²) in [4.78, 5) is 36.1. The topological polar surface area (TPSA) is 57.9 Å². The number of carbonyl (C=O) groups is 1. The Kier molecular flexibility index (Phi) is 6.04. The molecule has 0 atom stereocenters. The molecule has 1 fully saturated rings. The lowest BCUT2D eigenvalue weighted by molar-refractivity contribution is -0.122. The molecule has 1 saturated heterocycles. The highest BCUT2D eigenvalue weighted by Gasteiger charge is 2.33. The summed E-state index contributed by atoms with van der Waals surface area (Å²) in [6, 6.07) is 12.2. The molecule has 2 aromatic heterocycles. The lowest BCUT2D eigenvalue weighted by Gasteiger charge is -2.31. The predicted octanol–water partition coefficient (Wildman–Crippen LogP) is 4.42. The molecule has 0 radical (unpaired) electrons. The van der Waals surface area contributed by atoms with Crippen molar-refractivity contribution in [2.45, 2.75) is 33.7 Å². The minimum Gasteiger partial charge on any atom is -0.351 e. The van der Waals surface area contributed by atoms with Gasteiger partial charge < -0.3 is 4.90 Å². The lowest BCUT2D eigenvalue weighted by atomic mass is 9.99. The molecular weight excluding hydrogens is 464 g/mol. The average molecular weight is 491 g/mol. The summed E-state index contributed by atoms with van der Waals surface area (Å²) in [6.45, 7) is 8.03. The fourth-order valence-corrected chi connectivity index (χ4v) is 5.75. The van der Waals surface area contributed by atoms with Crippen molar-refractivity contribution in [3.8, 4) is 0 Å². The lowest BCUT2D eigenvalue weighted by Crippen LogP contribution is -2.34. The molecule has 0 unspecified atom stereocenters. The van der Waals surface area contributed by atoms with Gasteiger partial charge in [-0.15, -0.1) is 0 Å². The molecule has 6 nitrogen and oxygen atoms in total. The predicted molar refractivity (Wildman–Crippen MR) is 142 cm³/mol. The number of aromatic nitrogens is 2. The maximum absolute atomic E-state index is 13.7. The van der Waals surface area contributed by atoms with Crippen molar-refractivity contribution in [1.29, 1.82) is 0 Å². The SMILES string of the molecule is Cc1cccn2c(=O)c(/C=C3\SC(=S)N(CC(C)C)C3=O)c(N3CCc4ccccc4C3)nc12. The van der Waals surface area contributed by atoms with Crippen molar-refractivity contribution < 1.29 is 4.79 Å². The third-order valence-corrected chi connectivity index (χ3v) is 7.57. The first-order chi connectivity index (χ1) is 16.3. The first-order valence-corrected chi connectivity index (χ1v) is 12.6. The quantitative estimate of drug-likeness (QED) is 0.399. The van der Waals surface area contributed by atoms with Crippen LogP contribution < -0.4 is 10.5 Å². The molecule has 2 aliphatic heterocycles. The smallest absolute Gasteiger partial charge is 0.267 e. The van der Waals surface area contributed by atoms with Gasteiger partial charge in [-0.25, -0.2) is 4.98 Å². The van der Waals surface area contributed by atoms with Crippen molar-refractivity contribution in [2.75, 3.05) is 18.0 Å². The highest BCUT2D eigenvalue weighted by atomic mass is 32.2. The molecule has 5 rings (SSSR count). The van der Waals surface area contributed by atoms with Crippen LogP contribution in [0.4, 0.5) is 5.82 Å². The number of aryl methyl sites for hydroxylation is 1. The average Bonchev–Trinajstić information content (AvgIpc) is 3.08. The Balaban J connectivity index is 1.65. The van der Waals surface area contributed by atoms with Crippen LogP contribution in [0.5, 0.6) is 0 Å². The van der Waals surface area contributed by atoms with E-state index in [2.05, 4.69) is 36.9 Å². The Bertz CT molecular complexity index is 1410. The summed E-state index contributed by atoms with van der Waals surface area (Å²) in [6.07, 6.45) is 4.30. The molecule has 174 valence electrons. The fraction of sp³-hybridized carbons (Fsp3) is 0.308. The van der Waals surface area contributed by atoms with E-state index < -0.39 is 0 Å². The van der Waals surface area contributed by atoms with E-state index in [9.17, 15) is 9.59 Å². The molecule has 2 aliphatic rings. The van der Waals surface area contributed by atoms with Gasteiger partial charge in [0.1, 0.15) is 15.8 Å². The summed E-state index contributed by atoms with van der Waals surface area (Å²) >= 11 is 6.73. The van der Waals surface area contributed by atoms with Gasteiger partial charge in [0.15, 0.2) is 0 Å². The molecule has 0 spiro atoms. The first kappa shape index (κ1) is 22.8. The summed E-state index contributed by atoms with van der Waals surface area (Å²) in [5, 5.41) is 0. The zero-order valence-corrected chi connectivity index (χ0v) is 21.1. The number of hydrogen-bond acceptors (Lipinski definition) is 6. The van der Waals surface area contributed by atoms with E-state index in [-0.39, 0.29) is 11.5 Å². The van der Waals surface area contributed by atoms with Gasteiger partial charge in [-0.1, -0.05) is 68.2 Å². The van der Waals surface area contributed by atoms with Crippen LogP contribution >= 0.6 is 24.0 Å². The Hall–Kier alpha value is -2.97. The van der Waals surface area contributed by atoms with Crippen LogP contribution in [0.15, 0.2) is 52.3 Å². The van der Waals surface area contributed by atoms with E-state index >= 15 is 0 Å². The highest BCUT2D eigenvalue weighted by molar-refractivity contribution is 8.26. The third kappa shape index (κ3) is 4.05. The van der Waals surface area contributed by atoms with Crippen molar-refractivity contribution >= 4 is 51.7 Å². The van der Waals surface area contributed by atoms with Crippen LogP contribution in [0.1, 0.15) is 36.1 Å². The molecule has 0 N–H and O–H groups in total. The van der Waals surface area contributed by atoms with Crippen LogP contribution in [0, 0.1) is 12.8 Å². The second-order valence-electron chi connectivity index (χ2n) is 9.17. The van der Waals surface area contributed by atoms with Gasteiger partial charge >= 0.3 is 0 Å². The Labute approximate surface area is 208 Å². The number of pyridine rings is 1. The number of fused-ring (bicyclic) bond motifs is 2. The standard InChI is InChI=1S/C26H26N4O2S2/c1-16(2)14-30-25(32)21(34-26(30)33)13-20-23(27-22-17(3)7-6-11-29(22)24(20)31)28-12-10-18-8-4-5-9-19(18)15-28/h4-9,11,13,16H,10,12,14-15H2,1-3H3/b21-13-. The first-order valence-electron chi connectivity index (χ1n) is 11.4. The van der Waals surface area contributed by atoms with Crippen molar-refractivity contribution in [3.63, 3.8) is 0 Å². The normalized spacial score (nSPS) is 17.4. The number of rotatable bonds is 4. The molecule has 3 aromatic rings. The van der Waals surface area contributed by atoms with Gasteiger partial charge in [0.2, 0.25) is 0 Å². The summed E-state index contributed by atoms with van der Waals surface area (Å²) in [5.41, 5.74) is 4.35. The van der Waals surface area contributed by atoms with Crippen LogP contribution in [0.25, 0.3) is 11.7 Å². The minimum absolute atomic E-state index is 0.146. The van der Waals surface area contributed by atoms with Crippen LogP contribution in [0.3, 0.4) is 0 Å². The number of carbonyl (C=O) groups excluding carboxylic acids is 1. The zero-order chi connectivity index (χ0) is 24.0. The number of nitrogens with zero attached hydrogens (tertiary/aromatic N) is 4. The molecule has 8 heteroatoms. The second kappa shape index (κ2) is 9.00. The second-order valence-corrected chi connectivity index (χ2v) is 10.8. The van der Waals surface area contributed by atoms with E-state index in [0.29, 0.717) is 45.3 Å². The van der Waals surface area contributed by atoms with Crippen molar-refractivity contribution in [2.24, 2.45) is 5.92 Å². The molecule has 1 aromatic carbocycles. The molecule has 4 heterocycles. The molecule has 0 aliphatic carbocycles.